The molecule has 4 N–H and O–H groups in total. The summed E-state index contributed by atoms with van der Waals surface area (Å²) in [5.74, 6) is -0.478. The number of anilines is 1. The van der Waals surface area contributed by atoms with E-state index in [-0.39, 0.29) is 0 Å². The summed E-state index contributed by atoms with van der Waals surface area (Å²) >= 11 is 1.60. The number of carbonyl (C=O) groups is 1. The number of rotatable bonds is 8. The largest absolute Gasteiger partial charge is 0.480 e. The summed E-state index contributed by atoms with van der Waals surface area (Å²) in [4.78, 5) is 25.2. The van der Waals surface area contributed by atoms with E-state index in [1.54, 1.807) is 17.5 Å². The number of nitrogens with zero attached hydrogens (tertiary/aromatic N) is 3. The number of thiazole rings is 1. The van der Waals surface area contributed by atoms with Crippen molar-refractivity contribution >= 4 is 23.3 Å². The van der Waals surface area contributed by atoms with Gasteiger partial charge in [0.15, 0.2) is 0 Å². The van der Waals surface area contributed by atoms with Gasteiger partial charge in [-0.25, -0.2) is 15.0 Å². The summed E-state index contributed by atoms with van der Waals surface area (Å²) in [6.45, 7) is 2.53. The van der Waals surface area contributed by atoms with E-state index in [9.17, 15) is 4.79 Å². The van der Waals surface area contributed by atoms with Crippen molar-refractivity contribution in [3.63, 3.8) is 0 Å². The second-order valence-corrected chi connectivity index (χ2v) is 7.08. The van der Waals surface area contributed by atoms with E-state index >= 15 is 0 Å². The van der Waals surface area contributed by atoms with Gasteiger partial charge in [-0.15, -0.1) is 11.3 Å². The summed E-state index contributed by atoms with van der Waals surface area (Å²) in [7, 11) is 0. The van der Waals surface area contributed by atoms with Gasteiger partial charge in [0.2, 0.25) is 5.95 Å². The van der Waals surface area contributed by atoms with Gasteiger partial charge in [0.05, 0.1) is 16.3 Å². The molecule has 1 unspecified atom stereocenters. The van der Waals surface area contributed by atoms with Crippen LogP contribution in [0.1, 0.15) is 18.5 Å². The van der Waals surface area contributed by atoms with E-state index in [2.05, 4.69) is 20.3 Å². The number of nitrogens with one attached hydrogen (secondary N) is 1. The number of nitrogens with two attached hydrogens (primary N) is 1. The molecular weight excluding hydrogens is 362 g/mol. The van der Waals surface area contributed by atoms with Crippen LogP contribution in [-0.4, -0.2) is 38.6 Å². The molecule has 2 heterocycles. The Morgan fingerprint density at radius 2 is 2.04 bits per heavy atom. The average Bonchev–Trinajstić information content (AvgIpc) is 3.07. The number of carboxylic acid groups (broad SMARTS) is 1. The van der Waals surface area contributed by atoms with E-state index in [1.165, 1.54) is 0 Å². The zero-order valence-corrected chi connectivity index (χ0v) is 15.7. The molecule has 7 nitrogen and oxygen atoms in total. The second-order valence-electron chi connectivity index (χ2n) is 6.08. The third-order valence-corrected chi connectivity index (χ3v) is 5.23. The molecule has 0 saturated carbocycles. The number of hydrogen-bond donors (Lipinski definition) is 3. The molecule has 2 aromatic heterocycles. The lowest BCUT2D eigenvalue weighted by molar-refractivity contribution is -0.138. The number of aliphatic carboxylic acids is 1. The van der Waals surface area contributed by atoms with Gasteiger partial charge in [-0.2, -0.15) is 0 Å². The van der Waals surface area contributed by atoms with Crippen molar-refractivity contribution in [2.24, 2.45) is 5.73 Å². The fraction of sp³-hybridized carbons (Fsp3) is 0.263. The first kappa shape index (κ1) is 18.9. The van der Waals surface area contributed by atoms with E-state index < -0.39 is 12.0 Å². The molecule has 0 radical (unpaired) electrons. The highest BCUT2D eigenvalue weighted by atomic mass is 32.1. The zero-order chi connectivity index (χ0) is 19.2. The van der Waals surface area contributed by atoms with Crippen molar-refractivity contribution in [1.29, 1.82) is 0 Å². The second kappa shape index (κ2) is 8.70. The van der Waals surface area contributed by atoms with Crippen LogP contribution in [0.25, 0.3) is 21.1 Å². The fourth-order valence-corrected chi connectivity index (χ4v) is 3.60. The maximum atomic E-state index is 10.7. The molecule has 1 aromatic carbocycles. The topological polar surface area (TPSA) is 114 Å². The van der Waals surface area contributed by atoms with Gasteiger partial charge < -0.3 is 16.2 Å². The first-order valence-corrected chi connectivity index (χ1v) is 9.45. The Balaban J connectivity index is 1.69. The van der Waals surface area contributed by atoms with Crippen molar-refractivity contribution in [2.45, 2.75) is 25.8 Å². The highest BCUT2D eigenvalue weighted by Gasteiger charge is 2.13. The van der Waals surface area contributed by atoms with Gasteiger partial charge in [-0.1, -0.05) is 30.3 Å². The minimum atomic E-state index is -0.983. The molecule has 0 saturated heterocycles. The van der Waals surface area contributed by atoms with Crippen LogP contribution < -0.4 is 11.1 Å². The molecular formula is C19H21N5O2S. The van der Waals surface area contributed by atoms with Gasteiger partial charge >= 0.3 is 5.97 Å². The molecule has 0 bridgehead atoms. The Bertz CT molecular complexity index is 913. The normalized spacial score (nSPS) is 11.9. The zero-order valence-electron chi connectivity index (χ0n) is 14.9. The summed E-state index contributed by atoms with van der Waals surface area (Å²) < 4.78 is 0. The van der Waals surface area contributed by atoms with Crippen LogP contribution in [0.15, 0.2) is 42.6 Å². The van der Waals surface area contributed by atoms with Gasteiger partial charge in [-0.05, 0) is 25.8 Å². The van der Waals surface area contributed by atoms with Crippen LogP contribution in [0.4, 0.5) is 5.95 Å². The highest BCUT2D eigenvalue weighted by molar-refractivity contribution is 7.18. The smallest absolute Gasteiger partial charge is 0.320 e. The molecule has 3 aromatic rings. The molecule has 0 aliphatic heterocycles. The van der Waals surface area contributed by atoms with Gasteiger partial charge in [0.1, 0.15) is 11.0 Å². The van der Waals surface area contributed by atoms with Crippen molar-refractivity contribution in [3.8, 4) is 21.1 Å². The lowest BCUT2D eigenvalue weighted by atomic mass is 10.2. The van der Waals surface area contributed by atoms with Crippen molar-refractivity contribution in [2.75, 3.05) is 11.9 Å². The predicted octanol–water partition coefficient (Wildman–Crippen LogP) is 3.18. The van der Waals surface area contributed by atoms with Crippen LogP contribution in [0.5, 0.6) is 0 Å². The van der Waals surface area contributed by atoms with Crippen LogP contribution in [-0.2, 0) is 4.79 Å². The lowest BCUT2D eigenvalue weighted by Gasteiger charge is -2.08. The Kier molecular flexibility index (Phi) is 6.10. The minimum absolute atomic E-state index is 0.399. The number of benzene rings is 1. The molecule has 8 heteroatoms. The molecule has 3 rings (SSSR count). The minimum Gasteiger partial charge on any atom is -0.480 e. The fourth-order valence-electron chi connectivity index (χ4n) is 2.55. The van der Waals surface area contributed by atoms with Gasteiger partial charge in [0.25, 0.3) is 0 Å². The first-order valence-electron chi connectivity index (χ1n) is 8.63. The highest BCUT2D eigenvalue weighted by Crippen LogP contribution is 2.34. The van der Waals surface area contributed by atoms with Crippen LogP contribution in [0.3, 0.4) is 0 Å². The number of carboxylic acids is 1. The molecule has 0 spiro atoms. The first-order chi connectivity index (χ1) is 13.0. The summed E-state index contributed by atoms with van der Waals surface area (Å²) in [5, 5.41) is 12.9. The average molecular weight is 383 g/mol. The van der Waals surface area contributed by atoms with Crippen LogP contribution in [0, 0.1) is 6.92 Å². The summed E-state index contributed by atoms with van der Waals surface area (Å²) in [5.41, 5.74) is 8.32. The number of aromatic nitrogens is 3. The number of hydrogen-bond acceptors (Lipinski definition) is 7. The maximum absolute atomic E-state index is 10.7. The summed E-state index contributed by atoms with van der Waals surface area (Å²) in [6.07, 6.45) is 2.73. The Morgan fingerprint density at radius 3 is 2.78 bits per heavy atom. The third kappa shape index (κ3) is 4.87. The van der Waals surface area contributed by atoms with Gasteiger partial charge in [-0.3, -0.25) is 4.79 Å². The molecule has 0 fully saturated rings. The molecule has 0 amide bonds. The van der Waals surface area contributed by atoms with E-state index in [1.807, 2.05) is 43.3 Å². The third-order valence-electron chi connectivity index (χ3n) is 4.00. The van der Waals surface area contributed by atoms with E-state index in [4.69, 9.17) is 10.8 Å². The molecule has 0 aliphatic rings. The molecule has 1 atom stereocenters. The Hall–Kier alpha value is -2.84. The monoisotopic (exact) mass is 383 g/mol. The van der Waals surface area contributed by atoms with Crippen molar-refractivity contribution < 1.29 is 9.90 Å². The molecule has 140 valence electrons. The SMILES string of the molecule is Cc1nc(-c2ccccc2)sc1-c1ccnc(NCCCC(N)C(=O)O)n1. The van der Waals surface area contributed by atoms with Gasteiger partial charge in [0, 0.05) is 18.3 Å². The quantitative estimate of drug-likeness (QED) is 0.512. The van der Waals surface area contributed by atoms with E-state index in [0.29, 0.717) is 25.3 Å². The van der Waals surface area contributed by atoms with Crippen molar-refractivity contribution in [3.05, 3.63) is 48.3 Å². The Morgan fingerprint density at radius 1 is 1.26 bits per heavy atom. The lowest BCUT2D eigenvalue weighted by Crippen LogP contribution is -2.30. The van der Waals surface area contributed by atoms with Crippen LogP contribution in [0.2, 0.25) is 0 Å². The Labute approximate surface area is 161 Å². The standard InChI is InChI=1S/C19H21N5O2S/c1-12-16(27-17(23-12)13-6-3-2-4-7-13)15-9-11-22-19(24-15)21-10-5-8-14(20)18(25)26/h2-4,6-7,9,11,14H,5,8,10,20H2,1H3,(H,25,26)(H,21,22,24). The number of aryl methyl sites for hydroxylation is 1. The predicted molar refractivity (Wildman–Crippen MR) is 107 cm³/mol. The molecule has 27 heavy (non-hydrogen) atoms. The van der Waals surface area contributed by atoms with Crippen LogP contribution >= 0.6 is 11.3 Å². The summed E-state index contributed by atoms with van der Waals surface area (Å²) in [6, 6.07) is 11.1. The maximum Gasteiger partial charge on any atom is 0.320 e. The molecule has 0 aliphatic carbocycles. The van der Waals surface area contributed by atoms with Crippen molar-refractivity contribution in [1.82, 2.24) is 15.0 Å². The van der Waals surface area contributed by atoms with E-state index in [0.717, 1.165) is 26.8 Å².